The lowest BCUT2D eigenvalue weighted by atomic mass is 10.6. The smallest absolute Gasteiger partial charge is 0.000968 e. The van der Waals surface area contributed by atoms with Gasteiger partial charge in [0.25, 0.3) is 0 Å². The van der Waals surface area contributed by atoms with E-state index in [9.17, 15) is 0 Å². The van der Waals surface area contributed by atoms with E-state index in [1.54, 1.807) is 0 Å². The zero-order valence-electron chi connectivity index (χ0n) is 5.11. The predicted octanol–water partition coefficient (Wildman–Crippen LogP) is 2.35. The van der Waals surface area contributed by atoms with Gasteiger partial charge < -0.3 is 0 Å². The van der Waals surface area contributed by atoms with Gasteiger partial charge in [0, 0.05) is 0 Å². The van der Waals surface area contributed by atoms with E-state index in [1.807, 2.05) is 11.8 Å². The van der Waals surface area contributed by atoms with Crippen LogP contribution in [0.5, 0.6) is 0 Å². The van der Waals surface area contributed by atoms with Crippen molar-refractivity contribution in [3.63, 3.8) is 0 Å². The molecule has 0 aliphatic heterocycles. The van der Waals surface area contributed by atoms with E-state index in [-0.39, 0.29) is 0 Å². The van der Waals surface area contributed by atoms with Crippen molar-refractivity contribution in [1.82, 2.24) is 0 Å². The summed E-state index contributed by atoms with van der Waals surface area (Å²) >= 11 is 1.97. The Morgan fingerprint density at radius 2 is 2.14 bits per heavy atom. The van der Waals surface area contributed by atoms with Crippen molar-refractivity contribution in [1.29, 1.82) is 0 Å². The summed E-state index contributed by atoms with van der Waals surface area (Å²) in [6.07, 6.45) is 1.06. The molecule has 0 N–H and O–H groups in total. The standard InChI is InChI=1S/C6H13S/c1-4-5-7-6(2)3/h6H,1,4-5H2,2-3H3. The minimum absolute atomic E-state index is 0.779. The van der Waals surface area contributed by atoms with Gasteiger partial charge in [-0.3, -0.25) is 0 Å². The van der Waals surface area contributed by atoms with Crippen LogP contribution in [0.1, 0.15) is 20.3 Å². The zero-order chi connectivity index (χ0) is 5.70. The maximum absolute atomic E-state index is 3.74. The Balaban J connectivity index is 2.68. The van der Waals surface area contributed by atoms with Gasteiger partial charge in [0.2, 0.25) is 0 Å². The van der Waals surface area contributed by atoms with Gasteiger partial charge in [0.15, 0.2) is 0 Å². The average molecular weight is 117 g/mol. The SMILES string of the molecule is [CH2]CCSC(C)C. The molecule has 0 aromatic rings. The van der Waals surface area contributed by atoms with Crippen molar-refractivity contribution in [2.75, 3.05) is 5.75 Å². The molecule has 0 amide bonds. The number of hydrogen-bond acceptors (Lipinski definition) is 1. The first kappa shape index (κ1) is 7.35. The lowest BCUT2D eigenvalue weighted by Crippen LogP contribution is -1.86. The minimum atomic E-state index is 0.779. The van der Waals surface area contributed by atoms with Crippen molar-refractivity contribution in [2.24, 2.45) is 0 Å². The molecular formula is C6H13S. The van der Waals surface area contributed by atoms with Crippen LogP contribution in [0.25, 0.3) is 0 Å². The molecule has 0 aliphatic rings. The first-order valence-electron chi connectivity index (χ1n) is 2.68. The van der Waals surface area contributed by atoms with E-state index in [1.165, 1.54) is 5.75 Å². The quantitative estimate of drug-likeness (QED) is 0.547. The molecule has 1 heteroatoms. The topological polar surface area (TPSA) is 0 Å². The molecule has 0 nitrogen and oxygen atoms in total. The molecular weight excluding hydrogens is 104 g/mol. The molecule has 0 fully saturated rings. The van der Waals surface area contributed by atoms with E-state index < -0.39 is 0 Å². The molecule has 0 spiro atoms. The summed E-state index contributed by atoms with van der Waals surface area (Å²) in [5, 5.41) is 0.779. The van der Waals surface area contributed by atoms with Gasteiger partial charge in [-0.15, -0.1) is 0 Å². The Morgan fingerprint density at radius 1 is 1.57 bits per heavy atom. The van der Waals surface area contributed by atoms with Crippen molar-refractivity contribution < 1.29 is 0 Å². The fourth-order valence-corrected chi connectivity index (χ4v) is 0.957. The van der Waals surface area contributed by atoms with Crippen LogP contribution in [-0.4, -0.2) is 11.0 Å². The molecule has 0 heterocycles. The third kappa shape index (κ3) is 6.35. The Morgan fingerprint density at radius 3 is 2.29 bits per heavy atom. The van der Waals surface area contributed by atoms with Crippen molar-refractivity contribution in [3.05, 3.63) is 6.92 Å². The van der Waals surface area contributed by atoms with Gasteiger partial charge in [-0.25, -0.2) is 0 Å². The Labute approximate surface area is 50.7 Å². The second-order valence-corrected chi connectivity index (χ2v) is 3.46. The maximum Gasteiger partial charge on any atom is -0.000968 e. The highest BCUT2D eigenvalue weighted by Crippen LogP contribution is 2.08. The minimum Gasteiger partial charge on any atom is -0.159 e. The highest BCUT2D eigenvalue weighted by molar-refractivity contribution is 7.99. The van der Waals surface area contributed by atoms with Crippen molar-refractivity contribution in [2.45, 2.75) is 25.5 Å². The molecule has 1 radical (unpaired) electrons. The van der Waals surface area contributed by atoms with Gasteiger partial charge in [-0.05, 0) is 17.4 Å². The molecule has 0 bridgehead atoms. The Kier molecular flexibility index (Phi) is 4.73. The van der Waals surface area contributed by atoms with E-state index in [0.717, 1.165) is 11.7 Å². The van der Waals surface area contributed by atoms with E-state index >= 15 is 0 Å². The van der Waals surface area contributed by atoms with Crippen LogP contribution < -0.4 is 0 Å². The molecule has 7 heavy (non-hydrogen) atoms. The summed E-state index contributed by atoms with van der Waals surface area (Å²) in [6.45, 7) is 8.15. The van der Waals surface area contributed by atoms with Crippen LogP contribution >= 0.6 is 11.8 Å². The molecule has 0 aromatic heterocycles. The molecule has 0 atom stereocenters. The molecule has 0 aromatic carbocycles. The molecule has 0 unspecified atom stereocenters. The predicted molar refractivity (Wildman–Crippen MR) is 37.6 cm³/mol. The second kappa shape index (κ2) is 4.51. The lowest BCUT2D eigenvalue weighted by Gasteiger charge is -1.99. The zero-order valence-corrected chi connectivity index (χ0v) is 5.92. The van der Waals surface area contributed by atoms with Crippen LogP contribution in [0.15, 0.2) is 0 Å². The molecule has 0 aliphatic carbocycles. The van der Waals surface area contributed by atoms with Gasteiger partial charge in [-0.1, -0.05) is 20.8 Å². The highest BCUT2D eigenvalue weighted by atomic mass is 32.2. The van der Waals surface area contributed by atoms with Gasteiger partial charge >= 0.3 is 0 Å². The van der Waals surface area contributed by atoms with Crippen molar-refractivity contribution in [3.8, 4) is 0 Å². The first-order chi connectivity index (χ1) is 3.27. The summed E-state index contributed by atoms with van der Waals surface area (Å²) in [5.41, 5.74) is 0. The van der Waals surface area contributed by atoms with Gasteiger partial charge in [-0.2, -0.15) is 11.8 Å². The van der Waals surface area contributed by atoms with E-state index in [0.29, 0.717) is 0 Å². The summed E-state index contributed by atoms with van der Waals surface area (Å²) in [7, 11) is 0. The second-order valence-electron chi connectivity index (χ2n) is 1.77. The Bertz CT molecular complexity index is 33.2. The molecule has 0 rings (SSSR count). The summed E-state index contributed by atoms with van der Waals surface area (Å²) in [5.74, 6) is 1.21. The number of thioether (sulfide) groups is 1. The van der Waals surface area contributed by atoms with E-state index in [2.05, 4.69) is 20.8 Å². The van der Waals surface area contributed by atoms with Crippen LogP contribution in [0, 0.1) is 6.92 Å². The van der Waals surface area contributed by atoms with Crippen LogP contribution in [-0.2, 0) is 0 Å². The molecule has 0 saturated heterocycles. The Hall–Kier alpha value is 0.350. The largest absolute Gasteiger partial charge is 0.159 e. The molecule has 0 saturated carbocycles. The summed E-state index contributed by atoms with van der Waals surface area (Å²) < 4.78 is 0. The third-order valence-corrected chi connectivity index (χ3v) is 1.79. The summed E-state index contributed by atoms with van der Waals surface area (Å²) in [6, 6.07) is 0. The third-order valence-electron chi connectivity index (χ3n) is 0.596. The average Bonchev–Trinajstić information content (AvgIpc) is 1.61. The van der Waals surface area contributed by atoms with Gasteiger partial charge in [0.1, 0.15) is 0 Å². The highest BCUT2D eigenvalue weighted by Gasteiger charge is 1.88. The summed E-state index contributed by atoms with van der Waals surface area (Å²) in [4.78, 5) is 0. The number of hydrogen-bond donors (Lipinski definition) is 0. The molecule has 43 valence electrons. The fourth-order valence-electron chi connectivity index (χ4n) is 0.319. The van der Waals surface area contributed by atoms with Gasteiger partial charge in [0.05, 0.1) is 0 Å². The van der Waals surface area contributed by atoms with Crippen LogP contribution in [0.2, 0.25) is 0 Å². The fraction of sp³-hybridized carbons (Fsp3) is 0.833. The maximum atomic E-state index is 3.74. The van der Waals surface area contributed by atoms with E-state index in [4.69, 9.17) is 0 Å². The monoisotopic (exact) mass is 117 g/mol. The van der Waals surface area contributed by atoms with Crippen LogP contribution in [0.4, 0.5) is 0 Å². The lowest BCUT2D eigenvalue weighted by molar-refractivity contribution is 1.10. The van der Waals surface area contributed by atoms with Crippen LogP contribution in [0.3, 0.4) is 0 Å². The number of rotatable bonds is 3. The first-order valence-corrected chi connectivity index (χ1v) is 3.73. The normalized spacial score (nSPS) is 10.3. The van der Waals surface area contributed by atoms with Crippen molar-refractivity contribution >= 4 is 11.8 Å².